The van der Waals surface area contributed by atoms with E-state index in [1.54, 1.807) is 24.3 Å². The fourth-order valence-electron chi connectivity index (χ4n) is 4.57. The van der Waals surface area contributed by atoms with Crippen LogP contribution in [-0.4, -0.2) is 39.5 Å². The third-order valence-corrected chi connectivity index (χ3v) is 7.14. The first-order valence-electron chi connectivity index (χ1n) is 11.5. The average molecular weight is 512 g/mol. The summed E-state index contributed by atoms with van der Waals surface area (Å²) in [4.78, 5) is 6.10. The Morgan fingerprint density at radius 1 is 1.17 bits per heavy atom. The number of nitrogen functional groups attached to an aromatic ring is 1. The minimum Gasteiger partial charge on any atom is -0.486 e. The van der Waals surface area contributed by atoms with E-state index < -0.39 is 6.10 Å². The van der Waals surface area contributed by atoms with Crippen molar-refractivity contribution in [2.24, 2.45) is 11.7 Å². The molecule has 2 aliphatic rings. The van der Waals surface area contributed by atoms with Crippen LogP contribution in [0.1, 0.15) is 49.1 Å². The summed E-state index contributed by atoms with van der Waals surface area (Å²) in [5, 5.41) is 18.2. The summed E-state index contributed by atoms with van der Waals surface area (Å²) in [7, 11) is 0. The molecule has 1 aromatic carbocycles. The molecule has 0 spiro atoms. The van der Waals surface area contributed by atoms with Crippen molar-refractivity contribution in [1.29, 1.82) is 5.41 Å². The maximum absolute atomic E-state index is 8.68. The van der Waals surface area contributed by atoms with Crippen LogP contribution in [0, 0.1) is 11.3 Å². The average Bonchev–Trinajstić information content (AvgIpc) is 3.62. The van der Waals surface area contributed by atoms with Gasteiger partial charge in [0.1, 0.15) is 17.5 Å². The lowest BCUT2D eigenvalue weighted by Crippen LogP contribution is -2.68. The van der Waals surface area contributed by atoms with E-state index in [4.69, 9.17) is 44.8 Å². The molecular formula is C25H27Cl2N7O. The zero-order valence-corrected chi connectivity index (χ0v) is 20.9. The van der Waals surface area contributed by atoms with E-state index in [1.165, 1.54) is 25.2 Å². The minimum absolute atomic E-state index is 0.120. The van der Waals surface area contributed by atoms with Crippen LogP contribution in [-0.2, 0) is 0 Å². The Morgan fingerprint density at radius 3 is 2.51 bits per heavy atom. The molecule has 1 aliphatic carbocycles. The van der Waals surface area contributed by atoms with Crippen LogP contribution < -0.4 is 21.1 Å². The van der Waals surface area contributed by atoms with Crippen molar-refractivity contribution < 1.29 is 4.74 Å². The number of hydrogen-bond acceptors (Lipinski definition) is 8. The third-order valence-electron chi connectivity index (χ3n) is 6.54. The van der Waals surface area contributed by atoms with Crippen molar-refractivity contribution in [3.63, 3.8) is 0 Å². The first-order valence-corrected chi connectivity index (χ1v) is 12.3. The third kappa shape index (κ3) is 5.05. The number of anilines is 2. The molecule has 3 heterocycles. The van der Waals surface area contributed by atoms with Crippen LogP contribution in [0.25, 0.3) is 0 Å². The number of pyridine rings is 1. The smallest absolute Gasteiger partial charge is 0.151 e. The molecule has 2 aromatic heterocycles. The highest BCUT2D eigenvalue weighted by molar-refractivity contribution is 6.35. The lowest BCUT2D eigenvalue weighted by molar-refractivity contribution is 0.227. The first-order chi connectivity index (χ1) is 16.7. The monoisotopic (exact) mass is 511 g/mol. The highest BCUT2D eigenvalue weighted by atomic mass is 35.5. The quantitative estimate of drug-likeness (QED) is 0.297. The van der Waals surface area contributed by atoms with Crippen LogP contribution in [0.4, 0.5) is 11.5 Å². The van der Waals surface area contributed by atoms with Crippen LogP contribution in [0.5, 0.6) is 5.75 Å². The fraction of sp³-hybridized carbons (Fsp3) is 0.360. The topological polar surface area (TPSA) is 127 Å². The van der Waals surface area contributed by atoms with Crippen molar-refractivity contribution in [2.75, 3.05) is 23.7 Å². The van der Waals surface area contributed by atoms with Crippen LogP contribution in [0.15, 0.2) is 42.7 Å². The molecule has 0 unspecified atom stereocenters. The number of benzene rings is 1. The molecule has 182 valence electrons. The molecule has 0 radical (unpaired) electrons. The highest BCUT2D eigenvalue weighted by Gasteiger charge is 2.43. The number of aromatic nitrogens is 3. The van der Waals surface area contributed by atoms with Gasteiger partial charge in [-0.15, -0.1) is 10.2 Å². The van der Waals surface area contributed by atoms with Gasteiger partial charge >= 0.3 is 0 Å². The van der Waals surface area contributed by atoms with Gasteiger partial charge in [-0.25, -0.2) is 0 Å². The lowest BCUT2D eigenvalue weighted by atomic mass is 9.85. The summed E-state index contributed by atoms with van der Waals surface area (Å²) in [5.74, 6) is 2.09. The maximum Gasteiger partial charge on any atom is 0.151 e. The van der Waals surface area contributed by atoms with E-state index in [2.05, 4.69) is 20.1 Å². The summed E-state index contributed by atoms with van der Waals surface area (Å²) in [6.45, 7) is 3.41. The highest BCUT2D eigenvalue weighted by Crippen LogP contribution is 2.40. The van der Waals surface area contributed by atoms with Gasteiger partial charge in [-0.1, -0.05) is 36.0 Å². The van der Waals surface area contributed by atoms with Gasteiger partial charge in [0.15, 0.2) is 5.82 Å². The summed E-state index contributed by atoms with van der Waals surface area (Å²) >= 11 is 12.5. The van der Waals surface area contributed by atoms with Gasteiger partial charge in [0.05, 0.1) is 21.3 Å². The molecule has 10 heteroatoms. The van der Waals surface area contributed by atoms with Crippen molar-refractivity contribution >= 4 is 40.4 Å². The predicted octanol–water partition coefficient (Wildman–Crippen LogP) is 4.63. The molecule has 1 saturated heterocycles. The van der Waals surface area contributed by atoms with Crippen LogP contribution >= 0.6 is 23.2 Å². The number of nitrogens with one attached hydrogen (secondary N) is 1. The zero-order valence-electron chi connectivity index (χ0n) is 19.3. The van der Waals surface area contributed by atoms with Gasteiger partial charge in [0.2, 0.25) is 0 Å². The molecular weight excluding hydrogens is 485 g/mol. The molecule has 35 heavy (non-hydrogen) atoms. The molecule has 1 saturated carbocycles. The van der Waals surface area contributed by atoms with Crippen molar-refractivity contribution in [1.82, 2.24) is 15.2 Å². The SMILES string of the molecule is C[C@@H](Oc1ccc(N)c(C(=N)c2ccc(N3CC(N)(CC4CC4)C3)nn2)c1)c1c(Cl)cncc1Cl. The van der Waals surface area contributed by atoms with Gasteiger partial charge in [-0.2, -0.15) is 0 Å². The molecule has 5 N–H and O–H groups in total. The van der Waals surface area contributed by atoms with Gasteiger partial charge in [-0.05, 0) is 49.6 Å². The lowest BCUT2D eigenvalue weighted by Gasteiger charge is -2.48. The second-order valence-electron chi connectivity index (χ2n) is 9.54. The zero-order chi connectivity index (χ0) is 24.7. The molecule has 0 amide bonds. The van der Waals surface area contributed by atoms with E-state index in [9.17, 15) is 0 Å². The molecule has 5 rings (SSSR count). The molecule has 1 atom stereocenters. The molecule has 2 fully saturated rings. The minimum atomic E-state index is -0.436. The van der Waals surface area contributed by atoms with Crippen molar-refractivity contribution in [3.05, 3.63) is 69.6 Å². The standard InChI is InChI=1S/C25H27Cl2N7O/c1-14(23-18(26)10-31-11-19(23)27)35-16-4-5-20(28)17(8-16)24(29)21-6-7-22(33-32-21)34-12-25(30,13-34)9-15-2-3-15/h4-8,10-11,14-15,29H,2-3,9,12-13,28,30H2,1H3/t14-/m1/s1. The maximum atomic E-state index is 8.68. The molecule has 0 bridgehead atoms. The Balaban J connectivity index is 1.28. The first kappa shape index (κ1) is 23.8. The fourth-order valence-corrected chi connectivity index (χ4v) is 5.24. The predicted molar refractivity (Wildman–Crippen MR) is 139 cm³/mol. The van der Waals surface area contributed by atoms with Gasteiger partial charge < -0.3 is 21.1 Å². The number of ether oxygens (including phenoxy) is 1. The van der Waals surface area contributed by atoms with E-state index in [1.807, 2.05) is 13.0 Å². The Hall–Kier alpha value is -2.94. The Labute approximate surface area is 214 Å². The Morgan fingerprint density at radius 2 is 1.89 bits per heavy atom. The number of nitrogens with zero attached hydrogens (tertiary/aromatic N) is 4. The van der Waals surface area contributed by atoms with E-state index in [0.717, 1.165) is 31.2 Å². The summed E-state index contributed by atoms with van der Waals surface area (Å²) in [6.07, 6.45) is 6.29. The molecule has 1 aliphatic heterocycles. The van der Waals surface area contributed by atoms with Crippen molar-refractivity contribution in [2.45, 2.75) is 37.8 Å². The molecule has 8 nitrogen and oxygen atoms in total. The van der Waals surface area contributed by atoms with Gasteiger partial charge in [-0.3, -0.25) is 10.4 Å². The van der Waals surface area contributed by atoms with Gasteiger partial charge in [0, 0.05) is 42.3 Å². The normalized spacial score (nSPS) is 17.5. The summed E-state index contributed by atoms with van der Waals surface area (Å²) in [5.41, 5.74) is 14.7. The van der Waals surface area contributed by atoms with Gasteiger partial charge in [0.25, 0.3) is 0 Å². The molecule has 3 aromatic rings. The van der Waals surface area contributed by atoms with Crippen molar-refractivity contribution in [3.8, 4) is 5.75 Å². The van der Waals surface area contributed by atoms with E-state index >= 15 is 0 Å². The Kier molecular flexibility index (Phi) is 6.29. The second kappa shape index (κ2) is 9.26. The van der Waals surface area contributed by atoms with E-state index in [0.29, 0.717) is 38.3 Å². The van der Waals surface area contributed by atoms with Crippen LogP contribution in [0.2, 0.25) is 10.0 Å². The Bertz CT molecular complexity index is 1240. The van der Waals surface area contributed by atoms with Crippen LogP contribution in [0.3, 0.4) is 0 Å². The summed E-state index contributed by atoms with van der Waals surface area (Å²) in [6, 6.07) is 8.81. The number of rotatable bonds is 8. The number of nitrogens with two attached hydrogens (primary N) is 2. The number of hydrogen-bond donors (Lipinski definition) is 3. The van der Waals surface area contributed by atoms with E-state index in [-0.39, 0.29) is 11.3 Å². The second-order valence-corrected chi connectivity index (χ2v) is 10.4. The largest absolute Gasteiger partial charge is 0.486 e. The summed E-state index contributed by atoms with van der Waals surface area (Å²) < 4.78 is 6.06. The number of halogens is 2.